The van der Waals surface area contributed by atoms with E-state index in [4.69, 9.17) is 4.42 Å². The van der Waals surface area contributed by atoms with Crippen molar-refractivity contribution in [3.8, 4) is 17.3 Å². The Morgan fingerprint density at radius 2 is 1.83 bits per heavy atom. The van der Waals surface area contributed by atoms with Gasteiger partial charge in [-0.2, -0.15) is 5.26 Å². The first-order valence-corrected chi connectivity index (χ1v) is 10.9. The van der Waals surface area contributed by atoms with Gasteiger partial charge in [0.15, 0.2) is 6.20 Å². The zero-order chi connectivity index (χ0) is 20.8. The Morgan fingerprint density at radius 3 is 2.57 bits per heavy atom. The minimum atomic E-state index is 0.539. The van der Waals surface area contributed by atoms with Crippen LogP contribution in [0.1, 0.15) is 60.3 Å². The highest BCUT2D eigenvalue weighted by Gasteiger charge is 2.25. The third-order valence-corrected chi connectivity index (χ3v) is 6.89. The molecule has 5 rings (SSSR count). The van der Waals surface area contributed by atoms with Gasteiger partial charge in [0, 0.05) is 22.9 Å². The Labute approximate surface area is 177 Å². The van der Waals surface area contributed by atoms with Crippen molar-refractivity contribution >= 4 is 21.9 Å². The van der Waals surface area contributed by atoms with E-state index < -0.39 is 0 Å². The van der Waals surface area contributed by atoms with Crippen LogP contribution in [-0.4, -0.2) is 0 Å². The summed E-state index contributed by atoms with van der Waals surface area (Å²) in [5.41, 5.74) is 8.41. The molecule has 0 aliphatic heterocycles. The monoisotopic (exact) mass is 395 g/mol. The fourth-order valence-electron chi connectivity index (χ4n) is 5.29. The number of aromatic nitrogens is 1. The molecule has 2 aromatic carbocycles. The second-order valence-corrected chi connectivity index (χ2v) is 8.72. The third-order valence-electron chi connectivity index (χ3n) is 6.89. The van der Waals surface area contributed by atoms with Gasteiger partial charge in [0.05, 0.1) is 17.2 Å². The third kappa shape index (κ3) is 2.82. The lowest BCUT2D eigenvalue weighted by atomic mass is 9.81. The van der Waals surface area contributed by atoms with E-state index in [1.54, 1.807) is 0 Å². The van der Waals surface area contributed by atoms with Crippen LogP contribution in [0.3, 0.4) is 0 Å². The molecule has 3 nitrogen and oxygen atoms in total. The molecule has 1 fully saturated rings. The summed E-state index contributed by atoms with van der Waals surface area (Å²) in [6.07, 6.45) is 8.35. The van der Waals surface area contributed by atoms with Gasteiger partial charge in [0.25, 0.3) is 0 Å². The van der Waals surface area contributed by atoms with E-state index in [1.165, 1.54) is 48.8 Å². The number of pyridine rings is 1. The predicted molar refractivity (Wildman–Crippen MR) is 120 cm³/mol. The molecule has 2 aromatic heterocycles. The van der Waals surface area contributed by atoms with E-state index in [9.17, 15) is 5.26 Å². The molecule has 2 heterocycles. The van der Waals surface area contributed by atoms with Crippen molar-refractivity contribution in [3.63, 3.8) is 0 Å². The number of hydrogen-bond donors (Lipinski definition) is 0. The summed E-state index contributed by atoms with van der Waals surface area (Å²) < 4.78 is 8.74. The molecule has 0 N–H and O–H groups in total. The minimum Gasteiger partial charge on any atom is -0.455 e. The van der Waals surface area contributed by atoms with E-state index in [-0.39, 0.29) is 0 Å². The lowest BCUT2D eigenvalue weighted by Gasteiger charge is -2.23. The van der Waals surface area contributed by atoms with Crippen molar-refractivity contribution in [2.45, 2.75) is 51.9 Å². The Hall–Kier alpha value is -3.12. The van der Waals surface area contributed by atoms with Crippen LogP contribution in [-0.2, 0) is 7.05 Å². The first-order valence-electron chi connectivity index (χ1n) is 10.9. The SMILES string of the molecule is Cc1ccc2c(oc3c(C)c(C4CCCCC4)cc(C#N)c32)c1-c1cccc[n+]1C. The number of hydrogen-bond acceptors (Lipinski definition) is 2. The maximum Gasteiger partial charge on any atom is 0.216 e. The van der Waals surface area contributed by atoms with Gasteiger partial charge in [-0.25, -0.2) is 4.57 Å². The van der Waals surface area contributed by atoms with Crippen molar-refractivity contribution in [3.05, 3.63) is 64.8 Å². The predicted octanol–water partition coefficient (Wildman–Crippen LogP) is 6.61. The van der Waals surface area contributed by atoms with Crippen LogP contribution >= 0.6 is 0 Å². The summed E-state index contributed by atoms with van der Waals surface area (Å²) in [4.78, 5) is 0. The molecule has 0 radical (unpaired) electrons. The number of nitrogens with zero attached hydrogens (tertiary/aromatic N) is 2. The maximum absolute atomic E-state index is 10.0. The summed E-state index contributed by atoms with van der Waals surface area (Å²) in [7, 11) is 2.06. The number of benzene rings is 2. The minimum absolute atomic E-state index is 0.539. The molecule has 0 saturated heterocycles. The fraction of sp³-hybridized carbons (Fsp3) is 0.333. The fourth-order valence-corrected chi connectivity index (χ4v) is 5.29. The van der Waals surface area contributed by atoms with Crippen LogP contribution < -0.4 is 4.57 Å². The lowest BCUT2D eigenvalue weighted by Crippen LogP contribution is -2.30. The number of aryl methyl sites for hydroxylation is 3. The summed E-state index contributed by atoms with van der Waals surface area (Å²) in [5, 5.41) is 12.0. The Balaban J connectivity index is 1.85. The molecule has 3 heteroatoms. The van der Waals surface area contributed by atoms with E-state index in [2.05, 4.69) is 68.1 Å². The maximum atomic E-state index is 10.0. The van der Waals surface area contributed by atoms with Gasteiger partial charge in [-0.3, -0.25) is 0 Å². The first-order chi connectivity index (χ1) is 14.6. The van der Waals surface area contributed by atoms with Gasteiger partial charge in [-0.05, 0) is 61.4 Å². The van der Waals surface area contributed by atoms with Gasteiger partial charge in [0.1, 0.15) is 18.2 Å². The largest absolute Gasteiger partial charge is 0.455 e. The number of rotatable bonds is 2. The molecule has 1 aliphatic carbocycles. The molecular formula is C27H27N2O+. The molecule has 0 spiro atoms. The second-order valence-electron chi connectivity index (χ2n) is 8.72. The van der Waals surface area contributed by atoms with Crippen LogP contribution in [0, 0.1) is 25.2 Å². The van der Waals surface area contributed by atoms with E-state index in [0.29, 0.717) is 5.92 Å². The van der Waals surface area contributed by atoms with Crippen molar-refractivity contribution in [1.82, 2.24) is 0 Å². The van der Waals surface area contributed by atoms with E-state index in [0.717, 1.165) is 38.8 Å². The number of furan rings is 1. The molecule has 0 amide bonds. The quantitative estimate of drug-likeness (QED) is 0.358. The highest BCUT2D eigenvalue weighted by atomic mass is 16.3. The highest BCUT2D eigenvalue weighted by Crippen LogP contribution is 2.43. The van der Waals surface area contributed by atoms with E-state index in [1.807, 2.05) is 6.07 Å². The zero-order valence-corrected chi connectivity index (χ0v) is 18.0. The number of fused-ring (bicyclic) bond motifs is 3. The normalized spacial score (nSPS) is 15.0. The van der Waals surface area contributed by atoms with Gasteiger partial charge < -0.3 is 4.42 Å². The lowest BCUT2D eigenvalue weighted by molar-refractivity contribution is -0.660. The molecule has 1 aliphatic rings. The molecule has 0 unspecified atom stereocenters. The number of nitriles is 1. The second kappa shape index (κ2) is 7.29. The Bertz CT molecular complexity index is 1320. The van der Waals surface area contributed by atoms with Gasteiger partial charge in [-0.1, -0.05) is 31.4 Å². The zero-order valence-electron chi connectivity index (χ0n) is 18.0. The van der Waals surface area contributed by atoms with E-state index >= 15 is 0 Å². The summed E-state index contributed by atoms with van der Waals surface area (Å²) in [6, 6.07) is 15.1. The Morgan fingerprint density at radius 1 is 1.03 bits per heavy atom. The Kier molecular flexibility index (Phi) is 4.59. The van der Waals surface area contributed by atoms with Gasteiger partial charge >= 0.3 is 0 Å². The standard InChI is InChI=1S/C27H27N2O/c1-17-12-13-21-25-20(16-28)15-22(19-9-5-4-6-10-19)18(2)26(25)30-27(21)24(17)23-11-7-8-14-29(23)3/h7-8,11-15,19H,4-6,9-10H2,1-3H3/q+1. The highest BCUT2D eigenvalue weighted by molar-refractivity contribution is 6.13. The van der Waals surface area contributed by atoms with Crippen LogP contribution in [0.4, 0.5) is 0 Å². The molecule has 30 heavy (non-hydrogen) atoms. The molecular weight excluding hydrogens is 368 g/mol. The topological polar surface area (TPSA) is 40.8 Å². The van der Waals surface area contributed by atoms with Gasteiger partial charge in [-0.15, -0.1) is 0 Å². The average molecular weight is 396 g/mol. The van der Waals surface area contributed by atoms with Crippen LogP contribution in [0.25, 0.3) is 33.2 Å². The molecule has 0 atom stereocenters. The summed E-state index contributed by atoms with van der Waals surface area (Å²) in [5.74, 6) is 0.539. The molecule has 0 bridgehead atoms. The smallest absolute Gasteiger partial charge is 0.216 e. The van der Waals surface area contributed by atoms with Crippen LogP contribution in [0.5, 0.6) is 0 Å². The molecule has 150 valence electrons. The average Bonchev–Trinajstić information content (AvgIpc) is 3.16. The summed E-state index contributed by atoms with van der Waals surface area (Å²) in [6.45, 7) is 4.30. The van der Waals surface area contributed by atoms with Crippen LogP contribution in [0.15, 0.2) is 47.0 Å². The van der Waals surface area contributed by atoms with Crippen molar-refractivity contribution in [2.75, 3.05) is 0 Å². The van der Waals surface area contributed by atoms with Crippen molar-refractivity contribution < 1.29 is 8.98 Å². The van der Waals surface area contributed by atoms with Crippen molar-refractivity contribution in [1.29, 1.82) is 5.26 Å². The first kappa shape index (κ1) is 18.9. The summed E-state index contributed by atoms with van der Waals surface area (Å²) >= 11 is 0. The molecule has 1 saturated carbocycles. The van der Waals surface area contributed by atoms with Crippen molar-refractivity contribution in [2.24, 2.45) is 7.05 Å². The van der Waals surface area contributed by atoms with Crippen LogP contribution in [0.2, 0.25) is 0 Å². The molecule has 4 aromatic rings. The van der Waals surface area contributed by atoms with Gasteiger partial charge in [0.2, 0.25) is 5.69 Å².